The third-order valence-corrected chi connectivity index (χ3v) is 3.46. The molecule has 2 unspecified atom stereocenters. The molecule has 5 heteroatoms. The van der Waals surface area contributed by atoms with E-state index in [-0.39, 0.29) is 42.4 Å². The van der Waals surface area contributed by atoms with Crippen LogP contribution in [0.4, 0.5) is 0 Å². The number of Topliss-reactive ketones (excluding diaryl/α,β-unsaturated/α-hetero) is 1. The lowest BCUT2D eigenvalue weighted by atomic mass is 9.95. The Morgan fingerprint density at radius 1 is 1.32 bits per heavy atom. The zero-order chi connectivity index (χ0) is 14.7. The number of carbonyl (C=O) groups is 3. The lowest BCUT2D eigenvalue weighted by molar-refractivity contribution is -0.147. The van der Waals surface area contributed by atoms with Gasteiger partial charge < -0.3 is 5.73 Å². The SMILES string of the molecule is CC(C)CC1CC(=O)N(C(CN)C(=O)C(C)C)C1=O. The quantitative estimate of drug-likeness (QED) is 0.728. The molecule has 0 bridgehead atoms. The standard InChI is InChI=1S/C14H24N2O3/c1-8(2)5-10-6-12(17)16(14(10)19)11(7-15)13(18)9(3)4/h8-11H,5-7,15H2,1-4H3. The Hall–Kier alpha value is -1.23. The molecule has 19 heavy (non-hydrogen) atoms. The summed E-state index contributed by atoms with van der Waals surface area (Å²) in [5, 5.41) is 0. The number of hydrogen-bond donors (Lipinski definition) is 1. The summed E-state index contributed by atoms with van der Waals surface area (Å²) in [4.78, 5) is 37.4. The Labute approximate surface area is 114 Å². The Morgan fingerprint density at radius 2 is 1.89 bits per heavy atom. The van der Waals surface area contributed by atoms with Crippen molar-refractivity contribution in [1.29, 1.82) is 0 Å². The highest BCUT2D eigenvalue weighted by atomic mass is 16.2. The molecule has 1 aliphatic rings. The largest absolute Gasteiger partial charge is 0.328 e. The molecule has 0 aliphatic carbocycles. The van der Waals surface area contributed by atoms with Crippen LogP contribution >= 0.6 is 0 Å². The van der Waals surface area contributed by atoms with E-state index in [1.165, 1.54) is 0 Å². The van der Waals surface area contributed by atoms with Gasteiger partial charge in [0.15, 0.2) is 5.78 Å². The van der Waals surface area contributed by atoms with Crippen molar-refractivity contribution in [3.8, 4) is 0 Å². The number of amides is 2. The molecule has 0 aromatic rings. The zero-order valence-corrected chi connectivity index (χ0v) is 12.2. The maximum atomic E-state index is 12.3. The van der Waals surface area contributed by atoms with Crippen LogP contribution in [0.2, 0.25) is 0 Å². The predicted octanol–water partition coefficient (Wildman–Crippen LogP) is 0.960. The van der Waals surface area contributed by atoms with Crippen molar-refractivity contribution in [2.24, 2.45) is 23.5 Å². The van der Waals surface area contributed by atoms with Gasteiger partial charge in [0.2, 0.25) is 11.8 Å². The zero-order valence-electron chi connectivity index (χ0n) is 12.2. The van der Waals surface area contributed by atoms with Gasteiger partial charge in [-0.3, -0.25) is 19.3 Å². The number of carbonyl (C=O) groups excluding carboxylic acids is 3. The number of ketones is 1. The van der Waals surface area contributed by atoms with Crippen LogP contribution in [0.15, 0.2) is 0 Å². The summed E-state index contributed by atoms with van der Waals surface area (Å²) in [7, 11) is 0. The highest BCUT2D eigenvalue weighted by molar-refractivity contribution is 6.07. The smallest absolute Gasteiger partial charge is 0.233 e. The third kappa shape index (κ3) is 3.41. The Bertz CT molecular complexity index is 377. The normalized spacial score (nSPS) is 21.6. The monoisotopic (exact) mass is 268 g/mol. The number of imide groups is 1. The van der Waals surface area contributed by atoms with E-state index < -0.39 is 6.04 Å². The summed E-state index contributed by atoms with van der Waals surface area (Å²) >= 11 is 0. The second-order valence-corrected chi connectivity index (χ2v) is 5.94. The molecule has 0 spiro atoms. The Balaban J connectivity index is 2.90. The molecule has 1 aliphatic heterocycles. The minimum atomic E-state index is -0.794. The molecule has 0 radical (unpaired) electrons. The molecule has 108 valence electrons. The van der Waals surface area contributed by atoms with Crippen molar-refractivity contribution in [3.63, 3.8) is 0 Å². The molecule has 1 fully saturated rings. The number of nitrogens with two attached hydrogens (primary N) is 1. The molecular weight excluding hydrogens is 244 g/mol. The average molecular weight is 268 g/mol. The fraction of sp³-hybridized carbons (Fsp3) is 0.786. The Kier molecular flexibility index (Phi) is 5.23. The van der Waals surface area contributed by atoms with E-state index in [1.54, 1.807) is 13.8 Å². The first kappa shape index (κ1) is 15.8. The van der Waals surface area contributed by atoms with Crippen LogP contribution < -0.4 is 5.73 Å². The second-order valence-electron chi connectivity index (χ2n) is 5.94. The van der Waals surface area contributed by atoms with Crippen molar-refractivity contribution in [2.75, 3.05) is 6.54 Å². The van der Waals surface area contributed by atoms with Gasteiger partial charge >= 0.3 is 0 Å². The summed E-state index contributed by atoms with van der Waals surface area (Å²) < 4.78 is 0. The van der Waals surface area contributed by atoms with Gasteiger partial charge in [0, 0.05) is 24.8 Å². The predicted molar refractivity (Wildman–Crippen MR) is 72.1 cm³/mol. The number of hydrogen-bond acceptors (Lipinski definition) is 4. The van der Waals surface area contributed by atoms with Crippen molar-refractivity contribution in [1.82, 2.24) is 4.90 Å². The van der Waals surface area contributed by atoms with Crippen LogP contribution in [0.3, 0.4) is 0 Å². The maximum Gasteiger partial charge on any atom is 0.233 e. The van der Waals surface area contributed by atoms with Crippen molar-refractivity contribution < 1.29 is 14.4 Å². The molecule has 5 nitrogen and oxygen atoms in total. The van der Waals surface area contributed by atoms with Gasteiger partial charge in [-0.15, -0.1) is 0 Å². The fourth-order valence-corrected chi connectivity index (χ4v) is 2.53. The van der Waals surface area contributed by atoms with Crippen molar-refractivity contribution in [3.05, 3.63) is 0 Å². The van der Waals surface area contributed by atoms with E-state index in [4.69, 9.17) is 5.73 Å². The molecule has 2 amide bonds. The van der Waals surface area contributed by atoms with Crippen LogP contribution in [0, 0.1) is 17.8 Å². The minimum absolute atomic E-state index is 0.00287. The van der Waals surface area contributed by atoms with Crippen LogP contribution in [-0.4, -0.2) is 35.1 Å². The summed E-state index contributed by atoms with van der Waals surface area (Å²) in [5.41, 5.74) is 5.60. The van der Waals surface area contributed by atoms with Gasteiger partial charge in [-0.2, -0.15) is 0 Å². The maximum absolute atomic E-state index is 12.3. The number of rotatable bonds is 6. The average Bonchev–Trinajstić information content (AvgIpc) is 2.56. The lowest BCUT2D eigenvalue weighted by Crippen LogP contribution is -2.50. The molecule has 2 atom stereocenters. The topological polar surface area (TPSA) is 80.5 Å². The second kappa shape index (κ2) is 6.28. The fourth-order valence-electron chi connectivity index (χ4n) is 2.53. The first-order valence-corrected chi connectivity index (χ1v) is 6.89. The molecular formula is C14H24N2O3. The lowest BCUT2D eigenvalue weighted by Gasteiger charge is -2.25. The highest BCUT2D eigenvalue weighted by Crippen LogP contribution is 2.28. The third-order valence-electron chi connectivity index (χ3n) is 3.46. The van der Waals surface area contributed by atoms with Gasteiger partial charge in [-0.25, -0.2) is 0 Å². The molecule has 1 heterocycles. The van der Waals surface area contributed by atoms with Crippen LogP contribution in [0.5, 0.6) is 0 Å². The molecule has 1 rings (SSSR count). The van der Waals surface area contributed by atoms with E-state index in [1.807, 2.05) is 13.8 Å². The number of likely N-dealkylation sites (tertiary alicyclic amines) is 1. The molecule has 0 saturated carbocycles. The van der Waals surface area contributed by atoms with E-state index >= 15 is 0 Å². The van der Waals surface area contributed by atoms with Gasteiger partial charge in [-0.1, -0.05) is 27.7 Å². The van der Waals surface area contributed by atoms with Crippen LogP contribution in [0.25, 0.3) is 0 Å². The van der Waals surface area contributed by atoms with Crippen molar-refractivity contribution in [2.45, 2.75) is 46.6 Å². The van der Waals surface area contributed by atoms with E-state index in [0.29, 0.717) is 12.3 Å². The first-order valence-electron chi connectivity index (χ1n) is 6.89. The molecule has 1 saturated heterocycles. The summed E-state index contributed by atoms with van der Waals surface area (Å²) in [5.74, 6) is -0.823. The van der Waals surface area contributed by atoms with Crippen LogP contribution in [0.1, 0.15) is 40.5 Å². The highest BCUT2D eigenvalue weighted by Gasteiger charge is 2.44. The summed E-state index contributed by atoms with van der Waals surface area (Å²) in [6.07, 6.45) is 0.882. The van der Waals surface area contributed by atoms with Gasteiger partial charge in [0.1, 0.15) is 6.04 Å². The summed E-state index contributed by atoms with van der Waals surface area (Å²) in [6.45, 7) is 7.53. The molecule has 0 aromatic heterocycles. The number of nitrogens with zero attached hydrogens (tertiary/aromatic N) is 1. The van der Waals surface area contributed by atoms with E-state index in [0.717, 1.165) is 4.90 Å². The van der Waals surface area contributed by atoms with E-state index in [9.17, 15) is 14.4 Å². The van der Waals surface area contributed by atoms with E-state index in [2.05, 4.69) is 0 Å². The first-order chi connectivity index (χ1) is 8.79. The molecule has 2 N–H and O–H groups in total. The summed E-state index contributed by atoms with van der Waals surface area (Å²) in [6, 6.07) is -0.794. The van der Waals surface area contributed by atoms with Crippen molar-refractivity contribution >= 4 is 17.6 Å². The van der Waals surface area contributed by atoms with Gasteiger partial charge in [0.25, 0.3) is 0 Å². The van der Waals surface area contributed by atoms with Gasteiger partial charge in [0.05, 0.1) is 0 Å². The Morgan fingerprint density at radius 3 is 2.32 bits per heavy atom. The minimum Gasteiger partial charge on any atom is -0.328 e. The van der Waals surface area contributed by atoms with Gasteiger partial charge in [-0.05, 0) is 12.3 Å². The molecule has 0 aromatic carbocycles. The van der Waals surface area contributed by atoms with Crippen LogP contribution in [-0.2, 0) is 14.4 Å².